The van der Waals surface area contributed by atoms with Crippen molar-refractivity contribution in [1.29, 1.82) is 0 Å². The molecule has 0 aliphatic heterocycles. The van der Waals surface area contributed by atoms with Crippen LogP contribution < -0.4 is 0 Å². The number of nitrogens with zero attached hydrogens (tertiary/aromatic N) is 4. The number of benzene rings is 2. The van der Waals surface area contributed by atoms with Gasteiger partial charge in [0.2, 0.25) is 0 Å². The van der Waals surface area contributed by atoms with Crippen LogP contribution in [0.2, 0.25) is 0 Å². The van der Waals surface area contributed by atoms with Crippen molar-refractivity contribution in [1.82, 2.24) is 19.9 Å². The molecular formula is C30H22N4. The highest BCUT2D eigenvalue weighted by Gasteiger charge is 2.15. The van der Waals surface area contributed by atoms with E-state index in [0.717, 1.165) is 45.3 Å². The summed E-state index contributed by atoms with van der Waals surface area (Å²) in [5.74, 6) is 0. The lowest BCUT2D eigenvalue weighted by molar-refractivity contribution is 1.13. The lowest BCUT2D eigenvalue weighted by atomic mass is 10.1. The van der Waals surface area contributed by atoms with Gasteiger partial charge in [0.25, 0.3) is 0 Å². The maximum atomic E-state index is 5.04. The van der Waals surface area contributed by atoms with Crippen molar-refractivity contribution in [3.63, 3.8) is 0 Å². The minimum Gasteiger partial charge on any atom is -0.255 e. The van der Waals surface area contributed by atoms with Crippen LogP contribution in [-0.2, 0) is 0 Å². The first kappa shape index (κ1) is 21.2. The summed E-state index contributed by atoms with van der Waals surface area (Å²) in [5.41, 5.74) is 6.63. The van der Waals surface area contributed by atoms with Crippen molar-refractivity contribution in [2.24, 2.45) is 0 Å². The van der Waals surface area contributed by atoms with Gasteiger partial charge >= 0.3 is 0 Å². The predicted molar refractivity (Wildman–Crippen MR) is 139 cm³/mol. The highest BCUT2D eigenvalue weighted by atomic mass is 14.9. The summed E-state index contributed by atoms with van der Waals surface area (Å²) in [4.78, 5) is 19.2. The molecule has 0 amide bonds. The Bertz CT molecular complexity index is 1300. The first-order valence-corrected chi connectivity index (χ1v) is 11.1. The monoisotopic (exact) mass is 438 g/mol. The average Bonchev–Trinajstić information content (AvgIpc) is 2.93. The Hall–Kier alpha value is -4.70. The number of aromatic nitrogens is 4. The summed E-state index contributed by atoms with van der Waals surface area (Å²) in [6.45, 7) is 0. The molecule has 0 spiro atoms. The Morgan fingerprint density at radius 3 is 1.21 bits per heavy atom. The van der Waals surface area contributed by atoms with Gasteiger partial charge in [-0.2, -0.15) is 0 Å². The molecule has 0 radical (unpaired) electrons. The molecule has 5 aromatic rings. The number of rotatable bonds is 6. The molecule has 162 valence electrons. The molecular weight excluding hydrogens is 416 g/mol. The van der Waals surface area contributed by atoms with Crippen molar-refractivity contribution in [3.05, 3.63) is 132 Å². The van der Waals surface area contributed by atoms with E-state index in [4.69, 9.17) is 9.97 Å². The molecule has 4 heteroatoms. The lowest BCUT2D eigenvalue weighted by Crippen LogP contribution is -2.02. The van der Waals surface area contributed by atoms with Crippen molar-refractivity contribution in [3.8, 4) is 22.8 Å². The maximum Gasteiger partial charge on any atom is 0.115 e. The van der Waals surface area contributed by atoms with E-state index in [9.17, 15) is 0 Å². The van der Waals surface area contributed by atoms with Gasteiger partial charge in [0.05, 0.1) is 22.8 Å². The molecule has 0 N–H and O–H groups in total. The van der Waals surface area contributed by atoms with Gasteiger partial charge in [-0.15, -0.1) is 0 Å². The van der Waals surface area contributed by atoms with Crippen molar-refractivity contribution in [2.75, 3.05) is 0 Å². The van der Waals surface area contributed by atoms with E-state index in [1.807, 2.05) is 97.1 Å². The smallest absolute Gasteiger partial charge is 0.115 e. The second kappa shape index (κ2) is 10.3. The van der Waals surface area contributed by atoms with Crippen LogP contribution in [0.25, 0.3) is 47.1 Å². The summed E-state index contributed by atoms with van der Waals surface area (Å²) in [5, 5.41) is 0. The molecule has 0 unspecified atom stereocenters. The summed E-state index contributed by atoms with van der Waals surface area (Å²) in [6.07, 6.45) is 11.6. The third-order valence-electron chi connectivity index (χ3n) is 5.23. The quantitative estimate of drug-likeness (QED) is 0.288. The summed E-state index contributed by atoms with van der Waals surface area (Å²) >= 11 is 0. The van der Waals surface area contributed by atoms with Crippen LogP contribution >= 0.6 is 0 Å². The van der Waals surface area contributed by atoms with Crippen LogP contribution in [0, 0.1) is 0 Å². The molecule has 5 rings (SSSR count). The molecule has 0 aliphatic carbocycles. The summed E-state index contributed by atoms with van der Waals surface area (Å²) in [7, 11) is 0. The zero-order valence-corrected chi connectivity index (χ0v) is 18.5. The molecule has 3 heterocycles. The number of hydrogen-bond donors (Lipinski definition) is 0. The van der Waals surface area contributed by atoms with E-state index < -0.39 is 0 Å². The van der Waals surface area contributed by atoms with E-state index in [1.54, 1.807) is 12.4 Å². The lowest BCUT2D eigenvalue weighted by Gasteiger charge is -2.11. The molecule has 3 aromatic heterocycles. The van der Waals surface area contributed by atoms with Gasteiger partial charge < -0.3 is 0 Å². The molecule has 0 saturated carbocycles. The van der Waals surface area contributed by atoms with Gasteiger partial charge in [0.15, 0.2) is 0 Å². The van der Waals surface area contributed by atoms with E-state index in [0.29, 0.717) is 0 Å². The Morgan fingerprint density at radius 2 is 0.824 bits per heavy atom. The Balaban J connectivity index is 1.69. The van der Waals surface area contributed by atoms with Crippen LogP contribution in [0.15, 0.2) is 109 Å². The largest absolute Gasteiger partial charge is 0.255 e. The zero-order valence-electron chi connectivity index (χ0n) is 18.5. The highest BCUT2D eigenvalue weighted by Crippen LogP contribution is 2.27. The number of pyridine rings is 2. The molecule has 34 heavy (non-hydrogen) atoms. The molecule has 0 fully saturated rings. The predicted octanol–water partition coefficient (Wildman–Crippen LogP) is 6.94. The second-order valence-electron chi connectivity index (χ2n) is 7.61. The van der Waals surface area contributed by atoms with Crippen LogP contribution in [0.3, 0.4) is 0 Å². The van der Waals surface area contributed by atoms with Crippen LogP contribution in [0.1, 0.15) is 22.5 Å². The Kier molecular flexibility index (Phi) is 6.40. The summed E-state index contributed by atoms with van der Waals surface area (Å²) < 4.78 is 0. The fraction of sp³-hybridized carbons (Fsp3) is 0. The Morgan fingerprint density at radius 1 is 0.412 bits per heavy atom. The maximum absolute atomic E-state index is 5.04. The van der Waals surface area contributed by atoms with Gasteiger partial charge in [0.1, 0.15) is 11.4 Å². The average molecular weight is 439 g/mol. The molecule has 0 aliphatic rings. The normalized spacial score (nSPS) is 11.3. The van der Waals surface area contributed by atoms with Crippen LogP contribution in [0.5, 0.6) is 0 Å². The van der Waals surface area contributed by atoms with E-state index in [2.05, 4.69) is 34.2 Å². The molecule has 0 bridgehead atoms. The van der Waals surface area contributed by atoms with Crippen molar-refractivity contribution >= 4 is 24.3 Å². The van der Waals surface area contributed by atoms with Gasteiger partial charge in [-0.25, -0.2) is 9.97 Å². The highest BCUT2D eigenvalue weighted by molar-refractivity contribution is 5.81. The minimum atomic E-state index is 0.722. The second-order valence-corrected chi connectivity index (χ2v) is 7.61. The zero-order chi connectivity index (χ0) is 23.0. The fourth-order valence-corrected chi connectivity index (χ4v) is 3.56. The number of hydrogen-bond acceptors (Lipinski definition) is 4. The molecule has 2 aromatic carbocycles. The van der Waals surface area contributed by atoms with Gasteiger partial charge in [-0.05, 0) is 47.5 Å². The van der Waals surface area contributed by atoms with Crippen molar-refractivity contribution < 1.29 is 0 Å². The van der Waals surface area contributed by atoms with Gasteiger partial charge in [-0.1, -0.05) is 84.9 Å². The van der Waals surface area contributed by atoms with E-state index in [-0.39, 0.29) is 0 Å². The van der Waals surface area contributed by atoms with E-state index in [1.165, 1.54) is 0 Å². The fourth-order valence-electron chi connectivity index (χ4n) is 3.56. The molecule has 0 atom stereocenters. The van der Waals surface area contributed by atoms with Gasteiger partial charge in [0, 0.05) is 12.4 Å². The van der Waals surface area contributed by atoms with Crippen LogP contribution in [-0.4, -0.2) is 19.9 Å². The third kappa shape index (κ3) is 5.03. The standard InChI is InChI=1S/C30H22N4/c1-3-11-23(12-4-1)17-19-27-29(25-15-7-9-21-31-25)34-28(20-18-24-13-5-2-6-14-24)30(33-27)26-16-8-10-22-32-26/h1-22H/b19-17+,20-18+. The molecule has 0 saturated heterocycles. The summed E-state index contributed by atoms with van der Waals surface area (Å²) in [6, 6.07) is 31.9. The minimum absolute atomic E-state index is 0.722. The van der Waals surface area contributed by atoms with Crippen LogP contribution in [0.4, 0.5) is 0 Å². The molecule has 4 nitrogen and oxygen atoms in total. The topological polar surface area (TPSA) is 51.6 Å². The van der Waals surface area contributed by atoms with E-state index >= 15 is 0 Å². The van der Waals surface area contributed by atoms with Crippen molar-refractivity contribution in [2.45, 2.75) is 0 Å². The first-order chi connectivity index (χ1) is 16.9. The third-order valence-corrected chi connectivity index (χ3v) is 5.23. The Labute approximate surface area is 199 Å². The first-order valence-electron chi connectivity index (χ1n) is 11.1. The van der Waals surface area contributed by atoms with Gasteiger partial charge in [-0.3, -0.25) is 9.97 Å². The SMILES string of the molecule is C(=C\c1nc(-c2ccccn2)c(/C=C/c2ccccc2)nc1-c1ccccn1)/c1ccccc1.